The van der Waals surface area contributed by atoms with E-state index in [0.29, 0.717) is 6.54 Å². The second-order valence-electron chi connectivity index (χ2n) is 7.72. The minimum atomic E-state index is -0.0159. The lowest BCUT2D eigenvalue weighted by atomic mass is 9.74. The van der Waals surface area contributed by atoms with Crippen molar-refractivity contribution in [3.63, 3.8) is 0 Å². The summed E-state index contributed by atoms with van der Waals surface area (Å²) < 4.78 is 11.0. The lowest BCUT2D eigenvalue weighted by Crippen LogP contribution is -2.48. The summed E-state index contributed by atoms with van der Waals surface area (Å²) >= 11 is 0. The monoisotopic (exact) mass is 539 g/mol. The average Bonchev–Trinajstić information content (AvgIpc) is 2.82. The Bertz CT molecular complexity index is 793. The van der Waals surface area contributed by atoms with E-state index in [4.69, 9.17) is 9.47 Å². The molecule has 1 aliphatic heterocycles. The summed E-state index contributed by atoms with van der Waals surface area (Å²) in [4.78, 5) is 4.39. The predicted molar refractivity (Wildman–Crippen MR) is 136 cm³/mol. The van der Waals surface area contributed by atoms with Crippen LogP contribution < -0.4 is 15.4 Å². The van der Waals surface area contributed by atoms with Gasteiger partial charge >= 0.3 is 0 Å². The summed E-state index contributed by atoms with van der Waals surface area (Å²) in [6, 6.07) is 18.4. The highest BCUT2D eigenvalue weighted by molar-refractivity contribution is 14.0. The molecule has 1 heterocycles. The smallest absolute Gasteiger partial charge is 0.191 e. The van der Waals surface area contributed by atoms with E-state index in [1.54, 1.807) is 14.2 Å². The number of aliphatic hydroxyl groups excluding tert-OH is 1. The van der Waals surface area contributed by atoms with Crippen molar-refractivity contribution in [3.8, 4) is 5.75 Å². The second-order valence-corrected chi connectivity index (χ2v) is 7.72. The van der Waals surface area contributed by atoms with Gasteiger partial charge in [-0.1, -0.05) is 42.5 Å². The fourth-order valence-electron chi connectivity index (χ4n) is 3.98. The van der Waals surface area contributed by atoms with Gasteiger partial charge in [0, 0.05) is 44.7 Å². The summed E-state index contributed by atoms with van der Waals surface area (Å²) in [5, 5.41) is 16.7. The highest BCUT2D eigenvalue weighted by Gasteiger charge is 2.34. The molecule has 3 rings (SSSR count). The van der Waals surface area contributed by atoms with E-state index in [1.807, 2.05) is 42.5 Å². The third-order valence-electron chi connectivity index (χ3n) is 5.98. The fraction of sp³-hybridized carbons (Fsp3) is 0.458. The number of hydrogen-bond donors (Lipinski definition) is 3. The molecule has 0 saturated carbocycles. The van der Waals surface area contributed by atoms with Gasteiger partial charge in [-0.2, -0.15) is 0 Å². The largest absolute Gasteiger partial charge is 0.497 e. The Morgan fingerprint density at radius 2 is 1.77 bits per heavy atom. The van der Waals surface area contributed by atoms with Gasteiger partial charge in [0.1, 0.15) is 5.75 Å². The Labute approximate surface area is 202 Å². The summed E-state index contributed by atoms with van der Waals surface area (Å²) in [6.45, 7) is 2.96. The van der Waals surface area contributed by atoms with Crippen LogP contribution in [0, 0.1) is 0 Å². The third kappa shape index (κ3) is 6.82. The first-order valence-electron chi connectivity index (χ1n) is 10.5. The van der Waals surface area contributed by atoms with E-state index >= 15 is 0 Å². The third-order valence-corrected chi connectivity index (χ3v) is 5.98. The number of halogens is 1. The van der Waals surface area contributed by atoms with Crippen molar-refractivity contribution in [2.75, 3.05) is 47.1 Å². The Kier molecular flexibility index (Phi) is 10.6. The zero-order chi connectivity index (χ0) is 21.2. The normalized spacial score (nSPS) is 16.7. The standard InChI is InChI=1S/C24H33N3O3.HI/c1-25-23(26-16-20(17-28)19-6-4-3-5-7-19)27-18-24(12-14-30-15-13-24)21-8-10-22(29-2)11-9-21;/h3-11,20,28H,12-18H2,1-2H3,(H2,25,26,27);1H. The van der Waals surface area contributed by atoms with Crippen LogP contribution in [0.25, 0.3) is 0 Å². The topological polar surface area (TPSA) is 75.1 Å². The minimum Gasteiger partial charge on any atom is -0.497 e. The molecule has 0 aliphatic carbocycles. The Balaban J connectivity index is 0.00000341. The van der Waals surface area contributed by atoms with Crippen molar-refractivity contribution >= 4 is 29.9 Å². The van der Waals surface area contributed by atoms with Crippen LogP contribution in [-0.2, 0) is 10.2 Å². The summed E-state index contributed by atoms with van der Waals surface area (Å²) in [5.41, 5.74) is 2.38. The maximum absolute atomic E-state index is 9.81. The number of ether oxygens (including phenoxy) is 2. The molecule has 6 nitrogen and oxygen atoms in total. The van der Waals surface area contributed by atoms with Crippen LogP contribution in [0.15, 0.2) is 59.6 Å². The van der Waals surface area contributed by atoms with Crippen molar-refractivity contribution in [2.24, 2.45) is 4.99 Å². The van der Waals surface area contributed by atoms with Crippen LogP contribution in [0.1, 0.15) is 29.9 Å². The number of rotatable bonds is 8. The van der Waals surface area contributed by atoms with E-state index in [-0.39, 0.29) is 41.9 Å². The molecular formula is C24H34IN3O3. The van der Waals surface area contributed by atoms with Crippen molar-refractivity contribution in [1.29, 1.82) is 0 Å². The van der Waals surface area contributed by atoms with E-state index < -0.39 is 0 Å². The summed E-state index contributed by atoms with van der Waals surface area (Å²) in [7, 11) is 3.46. The van der Waals surface area contributed by atoms with Gasteiger partial charge < -0.3 is 25.2 Å². The lowest BCUT2D eigenvalue weighted by molar-refractivity contribution is 0.0513. The first-order valence-corrected chi connectivity index (χ1v) is 10.5. The number of guanidine groups is 1. The van der Waals surface area contributed by atoms with E-state index in [1.165, 1.54) is 5.56 Å². The SMILES string of the molecule is CN=C(NCC(CO)c1ccccc1)NCC1(c2ccc(OC)cc2)CCOCC1.I. The molecule has 0 aromatic heterocycles. The molecule has 0 amide bonds. The van der Waals surface area contributed by atoms with Crippen LogP contribution in [0.5, 0.6) is 5.75 Å². The Morgan fingerprint density at radius 1 is 1.10 bits per heavy atom. The first-order chi connectivity index (χ1) is 14.7. The van der Waals surface area contributed by atoms with Crippen LogP contribution in [0.4, 0.5) is 0 Å². The first kappa shape index (κ1) is 25.4. The molecule has 0 spiro atoms. The van der Waals surface area contributed by atoms with E-state index in [0.717, 1.165) is 49.9 Å². The number of nitrogens with one attached hydrogen (secondary N) is 2. The van der Waals surface area contributed by atoms with Gasteiger partial charge in [0.2, 0.25) is 0 Å². The maximum atomic E-state index is 9.81. The molecule has 1 fully saturated rings. The molecule has 2 aromatic rings. The molecular weight excluding hydrogens is 505 g/mol. The quantitative estimate of drug-likeness (QED) is 0.273. The van der Waals surface area contributed by atoms with Gasteiger partial charge in [-0.25, -0.2) is 0 Å². The van der Waals surface area contributed by atoms with E-state index in [9.17, 15) is 5.11 Å². The Morgan fingerprint density at radius 3 is 2.35 bits per heavy atom. The van der Waals surface area contributed by atoms with Crippen LogP contribution in [-0.4, -0.2) is 58.1 Å². The van der Waals surface area contributed by atoms with Crippen LogP contribution in [0.2, 0.25) is 0 Å². The Hall–Kier alpha value is -1.84. The molecule has 31 heavy (non-hydrogen) atoms. The number of methoxy groups -OCH3 is 1. The van der Waals surface area contributed by atoms with Crippen molar-refractivity contribution in [2.45, 2.75) is 24.2 Å². The van der Waals surface area contributed by atoms with E-state index in [2.05, 4.69) is 27.8 Å². The highest BCUT2D eigenvalue weighted by Crippen LogP contribution is 2.35. The van der Waals surface area contributed by atoms with Crippen molar-refractivity contribution in [1.82, 2.24) is 10.6 Å². The minimum absolute atomic E-state index is 0. The molecule has 1 aliphatic rings. The fourth-order valence-corrected chi connectivity index (χ4v) is 3.98. The van der Waals surface area contributed by atoms with Gasteiger partial charge in [0.05, 0.1) is 13.7 Å². The number of nitrogens with zero attached hydrogens (tertiary/aromatic N) is 1. The van der Waals surface area contributed by atoms with Crippen molar-refractivity contribution < 1.29 is 14.6 Å². The van der Waals surface area contributed by atoms with Crippen LogP contribution >= 0.6 is 24.0 Å². The number of benzene rings is 2. The highest BCUT2D eigenvalue weighted by atomic mass is 127. The summed E-state index contributed by atoms with van der Waals surface area (Å²) in [5.74, 6) is 1.62. The van der Waals surface area contributed by atoms with Crippen molar-refractivity contribution in [3.05, 3.63) is 65.7 Å². The molecule has 0 bridgehead atoms. The molecule has 170 valence electrons. The number of aliphatic imine (C=N–C) groups is 1. The molecule has 1 saturated heterocycles. The van der Waals surface area contributed by atoms with Gasteiger partial charge in [0.25, 0.3) is 0 Å². The zero-order valence-corrected chi connectivity index (χ0v) is 20.7. The van der Waals surface area contributed by atoms with Gasteiger partial charge in [-0.05, 0) is 36.1 Å². The second kappa shape index (κ2) is 12.9. The molecule has 0 radical (unpaired) electrons. The molecule has 2 aromatic carbocycles. The van der Waals surface area contributed by atoms with Gasteiger partial charge in [-0.3, -0.25) is 4.99 Å². The van der Waals surface area contributed by atoms with Gasteiger partial charge in [-0.15, -0.1) is 24.0 Å². The van der Waals surface area contributed by atoms with Crippen LogP contribution in [0.3, 0.4) is 0 Å². The maximum Gasteiger partial charge on any atom is 0.191 e. The molecule has 1 atom stereocenters. The molecule has 1 unspecified atom stereocenters. The number of hydrogen-bond acceptors (Lipinski definition) is 4. The lowest BCUT2D eigenvalue weighted by Gasteiger charge is -2.38. The molecule has 7 heteroatoms. The zero-order valence-electron chi connectivity index (χ0n) is 18.3. The summed E-state index contributed by atoms with van der Waals surface area (Å²) in [6.07, 6.45) is 1.90. The molecule has 3 N–H and O–H groups in total. The van der Waals surface area contributed by atoms with Gasteiger partial charge in [0.15, 0.2) is 5.96 Å². The predicted octanol–water partition coefficient (Wildman–Crippen LogP) is 3.30. The average molecular weight is 539 g/mol. The number of aliphatic hydroxyl groups is 1.